The lowest BCUT2D eigenvalue weighted by Crippen LogP contribution is -2.02. The predicted molar refractivity (Wildman–Crippen MR) is 42.9 cm³/mol. The molecule has 0 aromatic carbocycles. The Morgan fingerprint density at radius 3 is 2.25 bits per heavy atom. The summed E-state index contributed by atoms with van der Waals surface area (Å²) >= 11 is 0. The van der Waals surface area contributed by atoms with Gasteiger partial charge >= 0.3 is 10.1 Å². The van der Waals surface area contributed by atoms with Gasteiger partial charge in [-0.25, -0.2) is 0 Å². The molecule has 1 rings (SSSR count). The first-order valence-corrected chi connectivity index (χ1v) is 5.34. The number of hydrogen-bond donors (Lipinski definition) is 0. The second-order valence-electron chi connectivity index (χ2n) is 2.76. The topological polar surface area (TPSA) is 60.4 Å². The average Bonchev–Trinajstić information content (AvgIpc) is 2.16. The molecule has 0 unspecified atom stereocenters. The fourth-order valence-corrected chi connectivity index (χ4v) is 1.62. The maximum Gasteiger partial charge on any atom is 0.305 e. The molecule has 0 aliphatic heterocycles. The number of carbonyl (C=O) groups excluding carboxylic acids is 1. The Labute approximate surface area is 71.3 Å². The summed E-state index contributed by atoms with van der Waals surface area (Å²) in [5, 5.41) is 0. The maximum absolute atomic E-state index is 10.9. The Kier molecular flexibility index (Phi) is 2.23. The van der Waals surface area contributed by atoms with Crippen LogP contribution in [0.4, 0.5) is 0 Å². The second-order valence-corrected chi connectivity index (χ2v) is 4.33. The molecule has 0 aromatic heterocycles. The summed E-state index contributed by atoms with van der Waals surface area (Å²) in [4.78, 5) is 10.9. The SMILES string of the molecule is CC1=C(OS(C)(=O)=O)CCC1=O. The summed E-state index contributed by atoms with van der Waals surface area (Å²) in [6.45, 7) is 1.58. The van der Waals surface area contributed by atoms with Crippen molar-refractivity contribution >= 4 is 15.9 Å². The quantitative estimate of drug-likeness (QED) is 0.598. The predicted octanol–water partition coefficient (Wildman–Crippen LogP) is 0.600. The first-order chi connectivity index (χ1) is 5.40. The van der Waals surface area contributed by atoms with Crippen molar-refractivity contribution in [2.24, 2.45) is 0 Å². The Bertz CT molecular complexity index is 336. The minimum atomic E-state index is -3.47. The number of allylic oxidation sites excluding steroid dienone is 2. The van der Waals surface area contributed by atoms with Crippen molar-refractivity contribution in [2.45, 2.75) is 19.8 Å². The van der Waals surface area contributed by atoms with E-state index in [2.05, 4.69) is 4.18 Å². The van der Waals surface area contributed by atoms with Crippen LogP contribution in [0.1, 0.15) is 19.8 Å². The molecule has 12 heavy (non-hydrogen) atoms. The standard InChI is InChI=1S/C7H10O4S/c1-5-6(8)3-4-7(5)11-12(2,9)10/h3-4H2,1-2H3. The number of ketones is 1. The molecule has 0 fully saturated rings. The van der Waals surface area contributed by atoms with Gasteiger partial charge in [0, 0.05) is 18.4 Å². The largest absolute Gasteiger partial charge is 0.387 e. The van der Waals surface area contributed by atoms with Gasteiger partial charge in [0.05, 0.1) is 6.26 Å². The van der Waals surface area contributed by atoms with Gasteiger partial charge in [0.2, 0.25) is 0 Å². The van der Waals surface area contributed by atoms with Crippen LogP contribution in [0, 0.1) is 0 Å². The smallest absolute Gasteiger partial charge is 0.305 e. The third-order valence-electron chi connectivity index (χ3n) is 1.67. The summed E-state index contributed by atoms with van der Waals surface area (Å²) in [6, 6.07) is 0. The van der Waals surface area contributed by atoms with E-state index in [-0.39, 0.29) is 5.78 Å². The molecule has 0 saturated carbocycles. The van der Waals surface area contributed by atoms with E-state index in [1.807, 2.05) is 0 Å². The molecule has 0 spiro atoms. The third kappa shape index (κ3) is 2.07. The summed E-state index contributed by atoms with van der Waals surface area (Å²) in [5.41, 5.74) is 0.431. The van der Waals surface area contributed by atoms with Gasteiger partial charge < -0.3 is 4.18 Å². The van der Waals surface area contributed by atoms with Crippen molar-refractivity contribution in [1.29, 1.82) is 0 Å². The van der Waals surface area contributed by atoms with Crippen molar-refractivity contribution in [3.8, 4) is 0 Å². The van der Waals surface area contributed by atoms with Crippen molar-refractivity contribution in [2.75, 3.05) is 6.26 Å². The molecule has 0 saturated heterocycles. The molecule has 0 bridgehead atoms. The Morgan fingerprint density at radius 1 is 1.33 bits per heavy atom. The Hall–Kier alpha value is -0.840. The zero-order chi connectivity index (χ0) is 9.35. The summed E-state index contributed by atoms with van der Waals surface area (Å²) in [5.74, 6) is 0.260. The number of carbonyl (C=O) groups is 1. The zero-order valence-corrected chi connectivity index (χ0v) is 7.77. The second kappa shape index (κ2) is 2.90. The highest BCUT2D eigenvalue weighted by molar-refractivity contribution is 7.86. The van der Waals surface area contributed by atoms with Crippen LogP contribution in [-0.2, 0) is 19.1 Å². The van der Waals surface area contributed by atoms with Gasteiger partial charge in [0.15, 0.2) is 5.78 Å². The van der Waals surface area contributed by atoms with Crippen LogP contribution in [-0.4, -0.2) is 20.5 Å². The van der Waals surface area contributed by atoms with Gasteiger partial charge in [-0.05, 0) is 6.92 Å². The van der Waals surface area contributed by atoms with Crippen molar-refractivity contribution in [3.63, 3.8) is 0 Å². The van der Waals surface area contributed by atoms with E-state index < -0.39 is 10.1 Å². The minimum absolute atomic E-state index is 0.0337. The molecule has 5 heteroatoms. The summed E-state index contributed by atoms with van der Waals surface area (Å²) in [7, 11) is -3.47. The van der Waals surface area contributed by atoms with Gasteiger partial charge in [-0.15, -0.1) is 0 Å². The van der Waals surface area contributed by atoms with Crippen LogP contribution in [0.5, 0.6) is 0 Å². The van der Waals surface area contributed by atoms with Gasteiger partial charge in [0.1, 0.15) is 5.76 Å². The highest BCUT2D eigenvalue weighted by atomic mass is 32.2. The van der Waals surface area contributed by atoms with Crippen LogP contribution in [0.2, 0.25) is 0 Å². The lowest BCUT2D eigenvalue weighted by Gasteiger charge is -2.02. The lowest BCUT2D eigenvalue weighted by atomic mass is 10.2. The van der Waals surface area contributed by atoms with Gasteiger partial charge in [-0.3, -0.25) is 4.79 Å². The van der Waals surface area contributed by atoms with Gasteiger partial charge in [0.25, 0.3) is 0 Å². The Morgan fingerprint density at radius 2 is 1.92 bits per heavy atom. The molecule has 0 amide bonds. The average molecular weight is 190 g/mol. The molecule has 4 nitrogen and oxygen atoms in total. The van der Waals surface area contributed by atoms with Gasteiger partial charge in [-0.1, -0.05) is 0 Å². The molecule has 68 valence electrons. The molecule has 1 aliphatic carbocycles. The van der Waals surface area contributed by atoms with E-state index >= 15 is 0 Å². The molecule has 0 heterocycles. The van der Waals surface area contributed by atoms with E-state index in [0.29, 0.717) is 24.2 Å². The first-order valence-electron chi connectivity index (χ1n) is 3.52. The molecule has 0 radical (unpaired) electrons. The van der Waals surface area contributed by atoms with E-state index in [4.69, 9.17) is 0 Å². The number of Topliss-reactive ketones (excluding diaryl/α,β-unsaturated/α-hetero) is 1. The van der Waals surface area contributed by atoms with Crippen molar-refractivity contribution < 1.29 is 17.4 Å². The minimum Gasteiger partial charge on any atom is -0.387 e. The normalized spacial score (nSPS) is 18.7. The molecular weight excluding hydrogens is 180 g/mol. The van der Waals surface area contributed by atoms with Gasteiger partial charge in [-0.2, -0.15) is 8.42 Å². The summed E-state index contributed by atoms with van der Waals surface area (Å²) < 4.78 is 26.0. The number of rotatable bonds is 2. The monoisotopic (exact) mass is 190 g/mol. The van der Waals surface area contributed by atoms with E-state index in [1.54, 1.807) is 6.92 Å². The first kappa shape index (κ1) is 9.25. The van der Waals surface area contributed by atoms with E-state index in [0.717, 1.165) is 6.26 Å². The van der Waals surface area contributed by atoms with Crippen LogP contribution in [0.15, 0.2) is 11.3 Å². The fraction of sp³-hybridized carbons (Fsp3) is 0.571. The van der Waals surface area contributed by atoms with E-state index in [1.165, 1.54) is 0 Å². The van der Waals surface area contributed by atoms with Crippen LogP contribution < -0.4 is 0 Å². The molecular formula is C7H10O4S. The lowest BCUT2D eigenvalue weighted by molar-refractivity contribution is -0.114. The Balaban J connectivity index is 2.85. The fourth-order valence-electron chi connectivity index (χ4n) is 1.04. The highest BCUT2D eigenvalue weighted by Gasteiger charge is 2.22. The van der Waals surface area contributed by atoms with Crippen LogP contribution in [0.3, 0.4) is 0 Å². The maximum atomic E-state index is 10.9. The highest BCUT2D eigenvalue weighted by Crippen LogP contribution is 2.24. The zero-order valence-electron chi connectivity index (χ0n) is 6.96. The van der Waals surface area contributed by atoms with E-state index in [9.17, 15) is 13.2 Å². The molecule has 0 N–H and O–H groups in total. The van der Waals surface area contributed by atoms with Crippen LogP contribution >= 0.6 is 0 Å². The van der Waals surface area contributed by atoms with Crippen LogP contribution in [0.25, 0.3) is 0 Å². The van der Waals surface area contributed by atoms with Crippen molar-refractivity contribution in [1.82, 2.24) is 0 Å². The molecule has 0 atom stereocenters. The van der Waals surface area contributed by atoms with Crippen molar-refractivity contribution in [3.05, 3.63) is 11.3 Å². The summed E-state index contributed by atoms with van der Waals surface area (Å²) in [6.07, 6.45) is 1.73. The molecule has 0 aromatic rings. The molecule has 1 aliphatic rings. The third-order valence-corrected chi connectivity index (χ3v) is 2.17. The number of hydrogen-bond acceptors (Lipinski definition) is 4.